The summed E-state index contributed by atoms with van der Waals surface area (Å²) in [6.07, 6.45) is 18.7. The lowest BCUT2D eigenvalue weighted by molar-refractivity contribution is 0.441. The van der Waals surface area contributed by atoms with E-state index < -0.39 is 0 Å². The van der Waals surface area contributed by atoms with Gasteiger partial charge in [-0.2, -0.15) is 0 Å². The van der Waals surface area contributed by atoms with Crippen molar-refractivity contribution in [3.8, 4) is 28.7 Å². The third kappa shape index (κ3) is 6.01. The van der Waals surface area contributed by atoms with Crippen molar-refractivity contribution < 1.29 is 5.11 Å². The summed E-state index contributed by atoms with van der Waals surface area (Å²) in [5.74, 6) is 7.36. The fourth-order valence-electron chi connectivity index (χ4n) is 7.27. The second-order valence-corrected chi connectivity index (χ2v) is 13.9. The normalized spacial score (nSPS) is 17.7. The lowest BCUT2D eigenvalue weighted by Gasteiger charge is -2.33. The second kappa shape index (κ2) is 12.0. The van der Waals surface area contributed by atoms with Gasteiger partial charge in [0.15, 0.2) is 0 Å². The number of nitrogens with zero attached hydrogens (tertiary/aromatic N) is 1. The Bertz CT molecular complexity index is 1660. The lowest BCUT2D eigenvalue weighted by atomic mass is 9.70. The SMILES string of the molecule is CC(C)(C)c1cc(C#CCCC(C)(C2=CCC=C2)c2cccc3c2Cc2ccccc2-3)cc(/C=N/C2CCCCC2)c1O. The average molecular weight is 568 g/mol. The van der Waals surface area contributed by atoms with Crippen LogP contribution in [0.1, 0.15) is 112 Å². The van der Waals surface area contributed by atoms with Crippen LogP contribution in [0.4, 0.5) is 0 Å². The highest BCUT2D eigenvalue weighted by Crippen LogP contribution is 2.47. The maximum Gasteiger partial charge on any atom is 0.128 e. The van der Waals surface area contributed by atoms with Crippen LogP contribution < -0.4 is 0 Å². The lowest BCUT2D eigenvalue weighted by Crippen LogP contribution is -2.25. The summed E-state index contributed by atoms with van der Waals surface area (Å²) in [7, 11) is 0. The molecule has 1 atom stereocenters. The number of phenols is 1. The summed E-state index contributed by atoms with van der Waals surface area (Å²) < 4.78 is 0. The molecular formula is C41H45NO. The highest BCUT2D eigenvalue weighted by molar-refractivity contribution is 5.85. The molecule has 0 heterocycles. The van der Waals surface area contributed by atoms with Crippen molar-refractivity contribution in [1.29, 1.82) is 0 Å². The summed E-state index contributed by atoms with van der Waals surface area (Å²) in [6, 6.07) is 20.2. The molecule has 1 unspecified atom stereocenters. The van der Waals surface area contributed by atoms with Crippen LogP contribution in [0, 0.1) is 11.8 Å². The molecule has 2 heteroatoms. The van der Waals surface area contributed by atoms with E-state index in [0.29, 0.717) is 11.8 Å². The number of fused-ring (bicyclic) bond motifs is 3. The standard InChI is InChI=1S/C41H45NO/c1-40(2,3)38-26-29(25-31(39(38)43)28-42-33-19-6-5-7-20-33)15-12-13-24-41(4,32-17-9-10-18-32)37-23-14-22-35-34-21-11-8-16-30(34)27-36(35)37/h8-9,11,14,16-18,21-23,25-26,28,33,43H,5-7,10,13,19-20,24,27H2,1-4H3/b42-28+. The van der Waals surface area contributed by atoms with Gasteiger partial charge in [-0.1, -0.05) is 119 Å². The smallest absolute Gasteiger partial charge is 0.128 e. The maximum absolute atomic E-state index is 11.2. The van der Waals surface area contributed by atoms with Crippen molar-refractivity contribution in [2.75, 3.05) is 0 Å². The van der Waals surface area contributed by atoms with E-state index in [2.05, 4.69) is 106 Å². The summed E-state index contributed by atoms with van der Waals surface area (Å²) in [4.78, 5) is 4.88. The predicted octanol–water partition coefficient (Wildman–Crippen LogP) is 9.99. The van der Waals surface area contributed by atoms with Crippen LogP contribution in [0.5, 0.6) is 5.75 Å². The molecule has 2 nitrogen and oxygen atoms in total. The fraction of sp³-hybridized carbons (Fsp3) is 0.390. The van der Waals surface area contributed by atoms with Gasteiger partial charge in [-0.25, -0.2) is 0 Å². The van der Waals surface area contributed by atoms with Crippen molar-refractivity contribution in [2.24, 2.45) is 4.99 Å². The van der Waals surface area contributed by atoms with Crippen LogP contribution in [0.25, 0.3) is 11.1 Å². The van der Waals surface area contributed by atoms with Gasteiger partial charge in [0.25, 0.3) is 0 Å². The Balaban J connectivity index is 1.29. The molecule has 3 aromatic carbocycles. The third-order valence-electron chi connectivity index (χ3n) is 9.78. The number of hydrogen-bond donors (Lipinski definition) is 1. The molecule has 1 fully saturated rings. The number of aliphatic imine (C=N–C) groups is 1. The van der Waals surface area contributed by atoms with Gasteiger partial charge >= 0.3 is 0 Å². The Morgan fingerprint density at radius 3 is 2.49 bits per heavy atom. The van der Waals surface area contributed by atoms with Crippen molar-refractivity contribution in [2.45, 2.75) is 102 Å². The Labute approximate surface area is 258 Å². The fourth-order valence-corrected chi connectivity index (χ4v) is 7.27. The van der Waals surface area contributed by atoms with Gasteiger partial charge in [0.05, 0.1) is 0 Å². The van der Waals surface area contributed by atoms with Crippen LogP contribution >= 0.6 is 0 Å². The first-order chi connectivity index (χ1) is 20.7. The van der Waals surface area contributed by atoms with E-state index in [9.17, 15) is 5.11 Å². The zero-order valence-electron chi connectivity index (χ0n) is 26.3. The first-order valence-corrected chi connectivity index (χ1v) is 16.2. The zero-order chi connectivity index (χ0) is 30.0. The Kier molecular flexibility index (Phi) is 8.19. The van der Waals surface area contributed by atoms with Crippen molar-refractivity contribution in [3.63, 3.8) is 0 Å². The van der Waals surface area contributed by atoms with Crippen molar-refractivity contribution >= 4 is 6.21 Å². The molecule has 0 spiro atoms. The molecule has 3 aliphatic rings. The second-order valence-electron chi connectivity index (χ2n) is 13.9. The van der Waals surface area contributed by atoms with Crippen LogP contribution in [-0.2, 0) is 17.3 Å². The first kappa shape index (κ1) is 29.3. The van der Waals surface area contributed by atoms with E-state index in [1.54, 1.807) is 0 Å². The molecule has 0 bridgehead atoms. The van der Waals surface area contributed by atoms with Crippen LogP contribution in [0.2, 0.25) is 0 Å². The van der Waals surface area contributed by atoms with E-state index >= 15 is 0 Å². The van der Waals surface area contributed by atoms with Gasteiger partial charge in [0.1, 0.15) is 5.75 Å². The Hall–Kier alpha value is -3.83. The highest BCUT2D eigenvalue weighted by Gasteiger charge is 2.34. The van der Waals surface area contributed by atoms with Gasteiger partial charge in [-0.15, -0.1) is 0 Å². The van der Waals surface area contributed by atoms with Crippen molar-refractivity contribution in [3.05, 3.63) is 112 Å². The molecule has 0 saturated heterocycles. The average Bonchev–Trinajstić information content (AvgIpc) is 3.68. The molecule has 220 valence electrons. The minimum absolute atomic E-state index is 0.113. The molecule has 0 aliphatic heterocycles. The minimum Gasteiger partial charge on any atom is -0.507 e. The Morgan fingerprint density at radius 2 is 1.72 bits per heavy atom. The number of allylic oxidation sites excluding steroid dienone is 4. The van der Waals surface area contributed by atoms with E-state index in [4.69, 9.17) is 4.99 Å². The van der Waals surface area contributed by atoms with E-state index in [1.165, 1.54) is 52.7 Å². The molecule has 1 saturated carbocycles. The molecule has 0 aromatic heterocycles. The van der Waals surface area contributed by atoms with Crippen LogP contribution in [0.3, 0.4) is 0 Å². The van der Waals surface area contributed by atoms with E-state index in [-0.39, 0.29) is 10.8 Å². The zero-order valence-corrected chi connectivity index (χ0v) is 26.3. The topological polar surface area (TPSA) is 32.6 Å². The monoisotopic (exact) mass is 567 g/mol. The summed E-state index contributed by atoms with van der Waals surface area (Å²) >= 11 is 0. The predicted molar refractivity (Wildman–Crippen MR) is 181 cm³/mol. The molecule has 3 aromatic rings. The number of rotatable bonds is 6. The van der Waals surface area contributed by atoms with Crippen molar-refractivity contribution in [1.82, 2.24) is 0 Å². The molecule has 0 radical (unpaired) electrons. The van der Waals surface area contributed by atoms with Gasteiger partial charge in [-0.05, 0) is 83.0 Å². The summed E-state index contributed by atoms with van der Waals surface area (Å²) in [6.45, 7) is 8.84. The molecular weight excluding hydrogens is 522 g/mol. The van der Waals surface area contributed by atoms with Crippen LogP contribution in [-0.4, -0.2) is 17.4 Å². The molecule has 1 N–H and O–H groups in total. The number of aromatic hydroxyl groups is 1. The largest absolute Gasteiger partial charge is 0.507 e. The number of hydrogen-bond acceptors (Lipinski definition) is 2. The highest BCUT2D eigenvalue weighted by atomic mass is 16.3. The van der Waals surface area contributed by atoms with Gasteiger partial charge in [-0.3, -0.25) is 4.99 Å². The molecule has 43 heavy (non-hydrogen) atoms. The van der Waals surface area contributed by atoms with Gasteiger partial charge in [0, 0.05) is 40.8 Å². The quantitative estimate of drug-likeness (QED) is 0.182. The number of phenolic OH excluding ortho intramolecular Hbond substituents is 1. The minimum atomic E-state index is -0.194. The van der Waals surface area contributed by atoms with Crippen LogP contribution in [0.15, 0.2) is 83.4 Å². The summed E-state index contributed by atoms with van der Waals surface area (Å²) in [5, 5.41) is 11.2. The Morgan fingerprint density at radius 1 is 0.930 bits per heavy atom. The maximum atomic E-state index is 11.2. The molecule has 3 aliphatic carbocycles. The third-order valence-corrected chi connectivity index (χ3v) is 9.78. The molecule has 6 rings (SSSR count). The van der Waals surface area contributed by atoms with E-state index in [1.807, 2.05) is 12.3 Å². The van der Waals surface area contributed by atoms with Gasteiger partial charge < -0.3 is 5.11 Å². The number of benzene rings is 3. The first-order valence-electron chi connectivity index (χ1n) is 16.2. The van der Waals surface area contributed by atoms with E-state index in [0.717, 1.165) is 55.2 Å². The molecule has 0 amide bonds. The summed E-state index contributed by atoms with van der Waals surface area (Å²) in [5.41, 5.74) is 10.8. The van der Waals surface area contributed by atoms with Gasteiger partial charge in [0.2, 0.25) is 0 Å².